The maximum atomic E-state index is 4.28. The number of hydrogen-bond acceptors (Lipinski definition) is 4. The fraction of sp³-hybridized carbons (Fsp3) is 0.812. The van der Waals surface area contributed by atoms with Crippen LogP contribution in [-0.4, -0.2) is 58.3 Å². The molecule has 1 aromatic rings. The lowest BCUT2D eigenvalue weighted by Crippen LogP contribution is -2.45. The molecule has 7 heteroatoms. The summed E-state index contributed by atoms with van der Waals surface area (Å²) in [6.45, 7) is 8.07. The van der Waals surface area contributed by atoms with Gasteiger partial charge in [-0.3, -0.25) is 9.89 Å². The predicted octanol–water partition coefficient (Wildman–Crippen LogP) is 1.05. The summed E-state index contributed by atoms with van der Waals surface area (Å²) in [5.74, 6) is 2.64. The highest BCUT2D eigenvalue weighted by atomic mass is 15.3. The van der Waals surface area contributed by atoms with Gasteiger partial charge in [0.15, 0.2) is 11.8 Å². The minimum atomic E-state index is 0.623. The van der Waals surface area contributed by atoms with E-state index in [2.05, 4.69) is 37.6 Å². The van der Waals surface area contributed by atoms with Crippen LogP contribution in [0.5, 0.6) is 0 Å². The molecule has 7 nitrogen and oxygen atoms in total. The summed E-state index contributed by atoms with van der Waals surface area (Å²) in [4.78, 5) is 6.89. The van der Waals surface area contributed by atoms with E-state index in [-0.39, 0.29) is 0 Å². The molecule has 0 radical (unpaired) electrons. The van der Waals surface area contributed by atoms with Crippen molar-refractivity contribution < 1.29 is 0 Å². The first-order chi connectivity index (χ1) is 11.2. The molecule has 0 aromatic carbocycles. The van der Waals surface area contributed by atoms with E-state index in [0.29, 0.717) is 6.54 Å². The van der Waals surface area contributed by atoms with Gasteiger partial charge in [0.1, 0.15) is 5.82 Å². The molecule has 1 aromatic heterocycles. The Balaban J connectivity index is 1.73. The molecule has 1 fully saturated rings. The largest absolute Gasteiger partial charge is 0.355 e. The van der Waals surface area contributed by atoms with Crippen LogP contribution in [0.1, 0.15) is 44.3 Å². The summed E-state index contributed by atoms with van der Waals surface area (Å²) in [5.41, 5.74) is 0. The number of nitrogens with zero attached hydrogens (tertiary/aromatic N) is 5. The molecule has 1 atom stereocenters. The molecule has 1 unspecified atom stereocenters. The first-order valence-electron chi connectivity index (χ1n) is 8.69. The summed E-state index contributed by atoms with van der Waals surface area (Å²) in [7, 11) is 3.77. The molecule has 2 rings (SSSR count). The Morgan fingerprint density at radius 1 is 1.30 bits per heavy atom. The fourth-order valence-corrected chi connectivity index (χ4v) is 3.12. The van der Waals surface area contributed by atoms with Gasteiger partial charge in [-0.1, -0.05) is 13.3 Å². The molecule has 0 spiro atoms. The van der Waals surface area contributed by atoms with E-state index in [1.807, 2.05) is 18.5 Å². The third kappa shape index (κ3) is 4.92. The SMILES string of the molecule is CCC1CCCCN1CCNC(=NC)NCc1nnc(C)n1C. The van der Waals surface area contributed by atoms with Crippen molar-refractivity contribution >= 4 is 5.96 Å². The molecule has 2 N–H and O–H groups in total. The smallest absolute Gasteiger partial charge is 0.191 e. The van der Waals surface area contributed by atoms with Crippen molar-refractivity contribution in [1.29, 1.82) is 0 Å². The molecule has 0 amide bonds. The van der Waals surface area contributed by atoms with Gasteiger partial charge in [-0.05, 0) is 32.7 Å². The van der Waals surface area contributed by atoms with Crippen molar-refractivity contribution in [1.82, 2.24) is 30.3 Å². The second kappa shape index (κ2) is 8.86. The number of aryl methyl sites for hydroxylation is 1. The molecule has 2 heterocycles. The first kappa shape index (κ1) is 17.7. The zero-order chi connectivity index (χ0) is 16.7. The second-order valence-corrected chi connectivity index (χ2v) is 6.17. The van der Waals surface area contributed by atoms with E-state index in [9.17, 15) is 0 Å². The molecule has 1 aliphatic heterocycles. The minimum Gasteiger partial charge on any atom is -0.355 e. The van der Waals surface area contributed by atoms with Crippen molar-refractivity contribution in [3.05, 3.63) is 11.6 Å². The van der Waals surface area contributed by atoms with Crippen LogP contribution in [0.2, 0.25) is 0 Å². The van der Waals surface area contributed by atoms with Crippen LogP contribution in [0.25, 0.3) is 0 Å². The third-order valence-corrected chi connectivity index (χ3v) is 4.73. The van der Waals surface area contributed by atoms with Crippen LogP contribution in [0, 0.1) is 6.92 Å². The number of rotatable bonds is 6. The van der Waals surface area contributed by atoms with E-state index in [1.54, 1.807) is 7.05 Å². The lowest BCUT2D eigenvalue weighted by atomic mass is 10.0. The lowest BCUT2D eigenvalue weighted by molar-refractivity contribution is 0.147. The second-order valence-electron chi connectivity index (χ2n) is 6.17. The Hall–Kier alpha value is -1.63. The first-order valence-corrected chi connectivity index (χ1v) is 8.69. The molecular weight excluding hydrogens is 290 g/mol. The van der Waals surface area contributed by atoms with Crippen molar-refractivity contribution in [3.8, 4) is 0 Å². The van der Waals surface area contributed by atoms with Gasteiger partial charge in [0.05, 0.1) is 6.54 Å². The van der Waals surface area contributed by atoms with Crippen molar-refractivity contribution in [2.24, 2.45) is 12.0 Å². The summed E-state index contributed by atoms with van der Waals surface area (Å²) in [5, 5.41) is 14.9. The molecule has 130 valence electrons. The van der Waals surface area contributed by atoms with Gasteiger partial charge in [-0.15, -0.1) is 10.2 Å². The number of piperidine rings is 1. The highest BCUT2D eigenvalue weighted by Gasteiger charge is 2.19. The topological polar surface area (TPSA) is 70.4 Å². The lowest BCUT2D eigenvalue weighted by Gasteiger charge is -2.35. The van der Waals surface area contributed by atoms with E-state index in [0.717, 1.165) is 36.7 Å². The Labute approximate surface area is 139 Å². The van der Waals surface area contributed by atoms with Gasteiger partial charge < -0.3 is 15.2 Å². The Kier molecular flexibility index (Phi) is 6.83. The number of hydrogen-bond donors (Lipinski definition) is 2. The quantitative estimate of drug-likeness (QED) is 0.605. The van der Waals surface area contributed by atoms with Crippen LogP contribution in [0.3, 0.4) is 0 Å². The molecule has 0 saturated carbocycles. The highest BCUT2D eigenvalue weighted by Crippen LogP contribution is 2.18. The molecule has 0 bridgehead atoms. The summed E-state index contributed by atoms with van der Waals surface area (Å²) in [6, 6.07) is 0.752. The van der Waals surface area contributed by atoms with Gasteiger partial charge in [-0.2, -0.15) is 0 Å². The van der Waals surface area contributed by atoms with E-state index in [1.165, 1.54) is 32.2 Å². The zero-order valence-electron chi connectivity index (χ0n) is 15.0. The van der Waals surface area contributed by atoms with E-state index < -0.39 is 0 Å². The molecule has 1 aliphatic rings. The fourth-order valence-electron chi connectivity index (χ4n) is 3.12. The normalized spacial score (nSPS) is 19.8. The van der Waals surface area contributed by atoms with E-state index >= 15 is 0 Å². The summed E-state index contributed by atoms with van der Waals surface area (Å²) in [6.07, 6.45) is 5.30. The van der Waals surface area contributed by atoms with Crippen molar-refractivity contribution in [2.45, 2.75) is 52.1 Å². The minimum absolute atomic E-state index is 0.623. The maximum Gasteiger partial charge on any atom is 0.191 e. The van der Waals surface area contributed by atoms with Crippen molar-refractivity contribution in [3.63, 3.8) is 0 Å². The van der Waals surface area contributed by atoms with Gasteiger partial charge >= 0.3 is 0 Å². The number of likely N-dealkylation sites (tertiary alicyclic amines) is 1. The zero-order valence-corrected chi connectivity index (χ0v) is 15.0. The summed E-state index contributed by atoms with van der Waals surface area (Å²) < 4.78 is 1.99. The maximum absolute atomic E-state index is 4.28. The van der Waals surface area contributed by atoms with Crippen LogP contribution in [0.15, 0.2) is 4.99 Å². The van der Waals surface area contributed by atoms with Gasteiger partial charge in [0.2, 0.25) is 0 Å². The average molecular weight is 321 g/mol. The monoisotopic (exact) mass is 321 g/mol. The predicted molar refractivity (Wildman–Crippen MR) is 93.4 cm³/mol. The molecular formula is C16H31N7. The number of guanidine groups is 1. The number of aromatic nitrogens is 3. The van der Waals surface area contributed by atoms with E-state index in [4.69, 9.17) is 0 Å². The molecule has 0 aliphatic carbocycles. The van der Waals surface area contributed by atoms with Crippen molar-refractivity contribution in [2.75, 3.05) is 26.7 Å². The van der Waals surface area contributed by atoms with Crippen LogP contribution >= 0.6 is 0 Å². The van der Waals surface area contributed by atoms with Gasteiger partial charge in [0.25, 0.3) is 0 Å². The summed E-state index contributed by atoms with van der Waals surface area (Å²) >= 11 is 0. The van der Waals surface area contributed by atoms with Gasteiger partial charge in [-0.25, -0.2) is 0 Å². The van der Waals surface area contributed by atoms with Crippen LogP contribution < -0.4 is 10.6 Å². The highest BCUT2D eigenvalue weighted by molar-refractivity contribution is 5.79. The number of aliphatic imine (C=N–C) groups is 1. The Bertz CT molecular complexity index is 509. The molecule has 23 heavy (non-hydrogen) atoms. The Morgan fingerprint density at radius 3 is 2.78 bits per heavy atom. The number of nitrogens with one attached hydrogen (secondary N) is 2. The standard InChI is InChI=1S/C16H31N7/c1-5-14-8-6-7-10-23(14)11-9-18-16(17-3)19-12-15-21-20-13(2)22(15)4/h14H,5-12H2,1-4H3,(H2,17,18,19). The van der Waals surface area contributed by atoms with Crippen LogP contribution in [0.4, 0.5) is 0 Å². The van der Waals surface area contributed by atoms with Crippen LogP contribution in [-0.2, 0) is 13.6 Å². The molecule has 1 saturated heterocycles. The Morgan fingerprint density at radius 2 is 2.13 bits per heavy atom. The average Bonchev–Trinajstić information content (AvgIpc) is 2.90. The van der Waals surface area contributed by atoms with Gasteiger partial charge in [0, 0.05) is 33.2 Å². The third-order valence-electron chi connectivity index (χ3n) is 4.73.